The van der Waals surface area contributed by atoms with Crippen LogP contribution >= 0.6 is 0 Å². The van der Waals surface area contributed by atoms with Crippen LogP contribution in [0.4, 0.5) is 0 Å². The number of nitrogens with zero attached hydrogens (tertiary/aromatic N) is 1. The summed E-state index contributed by atoms with van der Waals surface area (Å²) >= 11 is 0. The number of hydrogen-bond donors (Lipinski definition) is 1. The van der Waals surface area contributed by atoms with Gasteiger partial charge in [-0.3, -0.25) is 4.90 Å². The molecule has 0 aromatic heterocycles. The Bertz CT molecular complexity index is 165. The fourth-order valence-electron chi connectivity index (χ4n) is 1.72. The minimum Gasteiger partial charge on any atom is -0.381 e. The van der Waals surface area contributed by atoms with Crippen molar-refractivity contribution in [2.24, 2.45) is 11.7 Å². The number of ether oxygens (including phenoxy) is 1. The van der Waals surface area contributed by atoms with Crippen LogP contribution in [0, 0.1) is 5.92 Å². The van der Waals surface area contributed by atoms with Crippen LogP contribution in [-0.4, -0.2) is 43.8 Å². The van der Waals surface area contributed by atoms with Crippen LogP contribution in [0.25, 0.3) is 0 Å². The lowest BCUT2D eigenvalue weighted by Gasteiger charge is -2.37. The van der Waals surface area contributed by atoms with E-state index < -0.39 is 0 Å². The van der Waals surface area contributed by atoms with Gasteiger partial charge in [-0.05, 0) is 39.7 Å². The number of hydrogen-bond acceptors (Lipinski definition) is 3. The minimum absolute atomic E-state index is 0.123. The van der Waals surface area contributed by atoms with E-state index in [9.17, 15) is 0 Å². The molecule has 0 radical (unpaired) electrons. The highest BCUT2D eigenvalue weighted by Gasteiger charge is 2.24. The number of nitrogens with two attached hydrogens (primary N) is 1. The summed E-state index contributed by atoms with van der Waals surface area (Å²) in [6, 6.07) is 0. The largest absolute Gasteiger partial charge is 0.381 e. The van der Waals surface area contributed by atoms with E-state index in [0.717, 1.165) is 25.7 Å². The van der Waals surface area contributed by atoms with Crippen molar-refractivity contribution in [3.8, 4) is 0 Å². The zero-order valence-corrected chi connectivity index (χ0v) is 9.75. The zero-order chi connectivity index (χ0) is 10.6. The predicted octanol–water partition coefficient (Wildman–Crippen LogP) is 1.08. The van der Waals surface area contributed by atoms with Crippen molar-refractivity contribution in [3.05, 3.63) is 0 Å². The molecule has 0 bridgehead atoms. The molecular weight excluding hydrogens is 176 g/mol. The molecule has 2 N–H and O–H groups in total. The fourth-order valence-corrected chi connectivity index (χ4v) is 1.72. The Morgan fingerprint density at radius 2 is 1.93 bits per heavy atom. The monoisotopic (exact) mass is 200 g/mol. The molecule has 1 saturated heterocycles. The van der Waals surface area contributed by atoms with Crippen LogP contribution < -0.4 is 5.73 Å². The van der Waals surface area contributed by atoms with Gasteiger partial charge in [0.05, 0.1) is 0 Å². The first kappa shape index (κ1) is 12.0. The van der Waals surface area contributed by atoms with Crippen molar-refractivity contribution in [3.63, 3.8) is 0 Å². The zero-order valence-electron chi connectivity index (χ0n) is 9.75. The summed E-state index contributed by atoms with van der Waals surface area (Å²) in [6.45, 7) is 8.13. The molecule has 0 amide bonds. The molecule has 1 rings (SSSR count). The quantitative estimate of drug-likeness (QED) is 0.738. The average molecular weight is 200 g/mol. The summed E-state index contributed by atoms with van der Waals surface area (Å²) in [5.41, 5.74) is 5.87. The molecule has 0 aromatic carbocycles. The van der Waals surface area contributed by atoms with E-state index in [4.69, 9.17) is 10.5 Å². The van der Waals surface area contributed by atoms with Gasteiger partial charge in [0.25, 0.3) is 0 Å². The van der Waals surface area contributed by atoms with Crippen molar-refractivity contribution in [2.45, 2.75) is 32.2 Å². The van der Waals surface area contributed by atoms with Crippen LogP contribution in [0.1, 0.15) is 26.7 Å². The third kappa shape index (κ3) is 3.23. The lowest BCUT2D eigenvalue weighted by atomic mass is 9.96. The summed E-state index contributed by atoms with van der Waals surface area (Å²) in [5.74, 6) is 0.791. The fraction of sp³-hybridized carbons (Fsp3) is 1.00. The molecule has 1 aliphatic heterocycles. The Hall–Kier alpha value is -0.120. The van der Waals surface area contributed by atoms with E-state index in [2.05, 4.69) is 25.8 Å². The SMILES string of the molecule is CN(CC1CCOCC1)C(C)(C)CN. The Morgan fingerprint density at radius 3 is 2.43 bits per heavy atom. The van der Waals surface area contributed by atoms with Gasteiger partial charge in [0.2, 0.25) is 0 Å². The van der Waals surface area contributed by atoms with Crippen LogP contribution in [0.15, 0.2) is 0 Å². The van der Waals surface area contributed by atoms with Gasteiger partial charge in [-0.25, -0.2) is 0 Å². The van der Waals surface area contributed by atoms with Gasteiger partial charge < -0.3 is 10.5 Å². The highest BCUT2D eigenvalue weighted by molar-refractivity contribution is 4.82. The van der Waals surface area contributed by atoms with Crippen molar-refractivity contribution in [1.29, 1.82) is 0 Å². The van der Waals surface area contributed by atoms with Crippen molar-refractivity contribution < 1.29 is 4.74 Å². The van der Waals surface area contributed by atoms with Crippen LogP contribution in [-0.2, 0) is 4.74 Å². The van der Waals surface area contributed by atoms with Gasteiger partial charge in [0.1, 0.15) is 0 Å². The van der Waals surface area contributed by atoms with E-state index in [1.54, 1.807) is 0 Å². The first-order valence-electron chi connectivity index (χ1n) is 5.55. The van der Waals surface area contributed by atoms with Gasteiger partial charge in [0.15, 0.2) is 0 Å². The van der Waals surface area contributed by atoms with Crippen molar-refractivity contribution in [2.75, 3.05) is 33.4 Å². The number of rotatable bonds is 4. The molecule has 0 aromatic rings. The highest BCUT2D eigenvalue weighted by atomic mass is 16.5. The Kier molecular flexibility index (Phi) is 4.35. The van der Waals surface area contributed by atoms with E-state index in [0.29, 0.717) is 6.54 Å². The molecule has 0 unspecified atom stereocenters. The van der Waals surface area contributed by atoms with Crippen LogP contribution in [0.3, 0.4) is 0 Å². The Morgan fingerprint density at radius 1 is 1.36 bits per heavy atom. The molecule has 1 fully saturated rings. The van der Waals surface area contributed by atoms with E-state index in [-0.39, 0.29) is 5.54 Å². The van der Waals surface area contributed by atoms with Crippen molar-refractivity contribution >= 4 is 0 Å². The molecule has 3 heteroatoms. The standard InChI is InChI=1S/C11H24N2O/c1-11(2,9-12)13(3)8-10-4-6-14-7-5-10/h10H,4-9,12H2,1-3H3. The molecule has 14 heavy (non-hydrogen) atoms. The number of likely N-dealkylation sites (N-methyl/N-ethyl adjacent to an activating group) is 1. The molecule has 84 valence electrons. The maximum atomic E-state index is 5.75. The normalized spacial score (nSPS) is 20.4. The van der Waals surface area contributed by atoms with E-state index in [1.165, 1.54) is 12.8 Å². The van der Waals surface area contributed by atoms with Crippen LogP contribution in [0.5, 0.6) is 0 Å². The minimum atomic E-state index is 0.123. The molecule has 1 aliphatic rings. The Balaban J connectivity index is 2.34. The second-order valence-corrected chi connectivity index (χ2v) is 4.95. The predicted molar refractivity (Wildman–Crippen MR) is 59.3 cm³/mol. The van der Waals surface area contributed by atoms with E-state index >= 15 is 0 Å². The molecule has 0 saturated carbocycles. The summed E-state index contributed by atoms with van der Waals surface area (Å²) in [5, 5.41) is 0. The maximum Gasteiger partial charge on any atom is 0.0469 e. The molecule has 3 nitrogen and oxygen atoms in total. The van der Waals surface area contributed by atoms with Gasteiger partial charge in [-0.1, -0.05) is 0 Å². The maximum absolute atomic E-state index is 5.75. The summed E-state index contributed by atoms with van der Waals surface area (Å²) in [7, 11) is 2.17. The summed E-state index contributed by atoms with van der Waals surface area (Å²) in [4.78, 5) is 2.38. The van der Waals surface area contributed by atoms with Gasteiger partial charge >= 0.3 is 0 Å². The highest BCUT2D eigenvalue weighted by Crippen LogP contribution is 2.19. The molecular formula is C11H24N2O. The third-order valence-corrected chi connectivity index (χ3v) is 3.41. The smallest absolute Gasteiger partial charge is 0.0469 e. The molecule has 0 aliphatic carbocycles. The van der Waals surface area contributed by atoms with Gasteiger partial charge in [-0.15, -0.1) is 0 Å². The Labute approximate surface area is 87.6 Å². The summed E-state index contributed by atoms with van der Waals surface area (Å²) in [6.07, 6.45) is 2.40. The molecule has 0 spiro atoms. The first-order valence-corrected chi connectivity index (χ1v) is 5.55. The van der Waals surface area contributed by atoms with Gasteiger partial charge in [-0.2, -0.15) is 0 Å². The first-order chi connectivity index (χ1) is 6.56. The lowest BCUT2D eigenvalue weighted by Crippen LogP contribution is -2.49. The van der Waals surface area contributed by atoms with E-state index in [1.807, 2.05) is 0 Å². The van der Waals surface area contributed by atoms with Gasteiger partial charge in [0, 0.05) is 31.8 Å². The molecule has 1 heterocycles. The lowest BCUT2D eigenvalue weighted by molar-refractivity contribution is 0.0412. The van der Waals surface area contributed by atoms with Crippen LogP contribution in [0.2, 0.25) is 0 Å². The second kappa shape index (κ2) is 5.10. The second-order valence-electron chi connectivity index (χ2n) is 4.95. The topological polar surface area (TPSA) is 38.5 Å². The third-order valence-electron chi connectivity index (χ3n) is 3.41. The average Bonchev–Trinajstić information content (AvgIpc) is 2.19. The summed E-state index contributed by atoms with van der Waals surface area (Å²) < 4.78 is 5.35. The van der Waals surface area contributed by atoms with Crippen molar-refractivity contribution in [1.82, 2.24) is 4.90 Å². The molecule has 0 atom stereocenters.